The number of hydrogen-bond acceptors (Lipinski definition) is 4. The molecule has 0 amide bonds. The molecule has 0 radical (unpaired) electrons. The molecule has 3 rings (SSSR count). The first-order valence-electron chi connectivity index (χ1n) is 9.70. The van der Waals surface area contributed by atoms with Gasteiger partial charge in [0.25, 0.3) is 0 Å². The molecule has 1 aliphatic heterocycles. The second-order valence-electron chi connectivity index (χ2n) is 6.53. The SMILES string of the molecule is CCNC(=NCCCn1cccn1)N1CCN(c2cccc(OC)c2)CC1.I. The summed E-state index contributed by atoms with van der Waals surface area (Å²) in [6.07, 6.45) is 4.79. The Morgan fingerprint density at radius 2 is 2.04 bits per heavy atom. The Labute approximate surface area is 184 Å². The first kappa shape index (κ1) is 22.3. The van der Waals surface area contributed by atoms with Gasteiger partial charge in [0.2, 0.25) is 0 Å². The number of aromatic nitrogens is 2. The van der Waals surface area contributed by atoms with E-state index in [4.69, 9.17) is 9.73 Å². The molecule has 0 saturated carbocycles. The van der Waals surface area contributed by atoms with Crippen molar-refractivity contribution in [2.75, 3.05) is 51.3 Å². The Morgan fingerprint density at radius 3 is 2.71 bits per heavy atom. The van der Waals surface area contributed by atoms with Gasteiger partial charge in [0.05, 0.1) is 7.11 Å². The van der Waals surface area contributed by atoms with Gasteiger partial charge in [-0.3, -0.25) is 9.67 Å². The Hall–Kier alpha value is -1.97. The fraction of sp³-hybridized carbons (Fsp3) is 0.500. The van der Waals surface area contributed by atoms with Gasteiger partial charge in [-0.05, 0) is 31.5 Å². The quantitative estimate of drug-likeness (QED) is 0.276. The number of nitrogens with zero attached hydrogens (tertiary/aromatic N) is 5. The summed E-state index contributed by atoms with van der Waals surface area (Å²) in [4.78, 5) is 9.57. The van der Waals surface area contributed by atoms with E-state index < -0.39 is 0 Å². The van der Waals surface area contributed by atoms with Crippen molar-refractivity contribution < 1.29 is 4.74 Å². The maximum absolute atomic E-state index is 5.35. The number of halogens is 1. The van der Waals surface area contributed by atoms with Crippen molar-refractivity contribution in [3.63, 3.8) is 0 Å². The summed E-state index contributed by atoms with van der Waals surface area (Å²) in [5.74, 6) is 1.92. The fourth-order valence-corrected chi connectivity index (χ4v) is 3.26. The van der Waals surface area contributed by atoms with Gasteiger partial charge in [-0.2, -0.15) is 5.10 Å². The van der Waals surface area contributed by atoms with Crippen LogP contribution in [0.5, 0.6) is 5.75 Å². The van der Waals surface area contributed by atoms with Gasteiger partial charge in [-0.25, -0.2) is 0 Å². The molecule has 1 saturated heterocycles. The zero-order chi connectivity index (χ0) is 18.9. The summed E-state index contributed by atoms with van der Waals surface area (Å²) in [6.45, 7) is 8.58. The van der Waals surface area contributed by atoms with Crippen LogP contribution in [0.3, 0.4) is 0 Å². The van der Waals surface area contributed by atoms with Crippen LogP contribution in [0.4, 0.5) is 5.69 Å². The maximum Gasteiger partial charge on any atom is 0.194 e. The van der Waals surface area contributed by atoms with Crippen molar-refractivity contribution in [1.29, 1.82) is 0 Å². The first-order valence-corrected chi connectivity index (χ1v) is 9.70. The largest absolute Gasteiger partial charge is 0.497 e. The molecule has 0 atom stereocenters. The number of anilines is 1. The number of methoxy groups -OCH3 is 1. The summed E-state index contributed by atoms with van der Waals surface area (Å²) in [7, 11) is 1.71. The lowest BCUT2D eigenvalue weighted by Gasteiger charge is -2.37. The topological polar surface area (TPSA) is 57.9 Å². The van der Waals surface area contributed by atoms with E-state index in [1.807, 2.05) is 35.3 Å². The van der Waals surface area contributed by atoms with Gasteiger partial charge in [0.15, 0.2) is 5.96 Å². The van der Waals surface area contributed by atoms with Crippen LogP contribution in [-0.4, -0.2) is 67.0 Å². The van der Waals surface area contributed by atoms with E-state index in [2.05, 4.69) is 39.3 Å². The van der Waals surface area contributed by atoms with Crippen molar-refractivity contribution in [1.82, 2.24) is 20.0 Å². The van der Waals surface area contributed by atoms with Crippen LogP contribution in [0.15, 0.2) is 47.7 Å². The first-order chi connectivity index (χ1) is 13.3. The van der Waals surface area contributed by atoms with E-state index >= 15 is 0 Å². The van der Waals surface area contributed by atoms with E-state index in [9.17, 15) is 0 Å². The van der Waals surface area contributed by atoms with Crippen molar-refractivity contribution in [2.45, 2.75) is 19.9 Å². The summed E-state index contributed by atoms with van der Waals surface area (Å²) < 4.78 is 7.30. The Morgan fingerprint density at radius 1 is 1.21 bits per heavy atom. The zero-order valence-electron chi connectivity index (χ0n) is 16.8. The highest BCUT2D eigenvalue weighted by molar-refractivity contribution is 14.0. The second-order valence-corrected chi connectivity index (χ2v) is 6.53. The van der Waals surface area contributed by atoms with Gasteiger partial charge in [-0.15, -0.1) is 24.0 Å². The van der Waals surface area contributed by atoms with E-state index in [1.165, 1.54) is 5.69 Å². The number of aryl methyl sites for hydroxylation is 1. The normalized spacial score (nSPS) is 14.6. The number of ether oxygens (including phenoxy) is 1. The minimum absolute atomic E-state index is 0. The highest BCUT2D eigenvalue weighted by Gasteiger charge is 2.20. The molecular weight excluding hydrogens is 467 g/mol. The van der Waals surface area contributed by atoms with E-state index in [0.29, 0.717) is 0 Å². The van der Waals surface area contributed by atoms with E-state index in [1.54, 1.807) is 7.11 Å². The van der Waals surface area contributed by atoms with Crippen LogP contribution in [0, 0.1) is 0 Å². The van der Waals surface area contributed by atoms with Gasteiger partial charge in [0, 0.05) is 70.0 Å². The van der Waals surface area contributed by atoms with E-state index in [-0.39, 0.29) is 24.0 Å². The molecular formula is C20H31IN6O. The number of benzene rings is 1. The third-order valence-corrected chi connectivity index (χ3v) is 4.70. The smallest absolute Gasteiger partial charge is 0.194 e. The minimum atomic E-state index is 0. The molecule has 1 aromatic heterocycles. The Kier molecular flexibility index (Phi) is 9.39. The molecule has 0 unspecified atom stereocenters. The van der Waals surface area contributed by atoms with Gasteiger partial charge >= 0.3 is 0 Å². The molecule has 1 N–H and O–H groups in total. The summed E-state index contributed by atoms with van der Waals surface area (Å²) >= 11 is 0. The average molecular weight is 498 g/mol. The predicted molar refractivity (Wildman–Crippen MR) is 125 cm³/mol. The molecule has 0 aliphatic carbocycles. The highest BCUT2D eigenvalue weighted by Crippen LogP contribution is 2.22. The lowest BCUT2D eigenvalue weighted by Crippen LogP contribution is -2.52. The number of rotatable bonds is 7. The van der Waals surface area contributed by atoms with Crippen molar-refractivity contribution >= 4 is 35.6 Å². The summed E-state index contributed by atoms with van der Waals surface area (Å²) in [5.41, 5.74) is 1.22. The number of nitrogens with one attached hydrogen (secondary N) is 1. The molecule has 28 heavy (non-hydrogen) atoms. The number of guanidine groups is 1. The fourth-order valence-electron chi connectivity index (χ4n) is 3.26. The summed E-state index contributed by atoms with van der Waals surface area (Å²) in [6, 6.07) is 10.2. The number of piperazine rings is 1. The molecule has 2 aromatic rings. The molecule has 8 heteroatoms. The predicted octanol–water partition coefficient (Wildman–Crippen LogP) is 2.69. The van der Waals surface area contributed by atoms with Gasteiger partial charge < -0.3 is 19.9 Å². The molecule has 0 spiro atoms. The molecule has 154 valence electrons. The van der Waals surface area contributed by atoms with Crippen LogP contribution < -0.4 is 15.0 Å². The minimum Gasteiger partial charge on any atom is -0.497 e. The maximum atomic E-state index is 5.35. The Bertz CT molecular complexity index is 713. The van der Waals surface area contributed by atoms with Gasteiger partial charge in [0.1, 0.15) is 5.75 Å². The standard InChI is InChI=1S/C20H30N6O.HI/c1-3-21-20(22-9-5-11-26-12-6-10-23-26)25-15-13-24(14-16-25)18-7-4-8-19(17-18)27-2;/h4,6-8,10,12,17H,3,5,9,11,13-16H2,1-2H3,(H,21,22);1H. The highest BCUT2D eigenvalue weighted by atomic mass is 127. The number of aliphatic imine (C=N–C) groups is 1. The van der Waals surface area contributed by atoms with Crippen LogP contribution in [-0.2, 0) is 6.54 Å². The third-order valence-electron chi connectivity index (χ3n) is 4.70. The van der Waals surface area contributed by atoms with E-state index in [0.717, 1.165) is 63.9 Å². The average Bonchev–Trinajstić information content (AvgIpc) is 3.24. The van der Waals surface area contributed by atoms with Crippen molar-refractivity contribution in [3.05, 3.63) is 42.7 Å². The van der Waals surface area contributed by atoms with Crippen LogP contribution in [0.25, 0.3) is 0 Å². The van der Waals surface area contributed by atoms with Crippen molar-refractivity contribution in [2.24, 2.45) is 4.99 Å². The van der Waals surface area contributed by atoms with Crippen LogP contribution in [0.2, 0.25) is 0 Å². The molecule has 0 bridgehead atoms. The second kappa shape index (κ2) is 11.8. The molecule has 7 nitrogen and oxygen atoms in total. The molecule has 1 aromatic carbocycles. The summed E-state index contributed by atoms with van der Waals surface area (Å²) in [5, 5.41) is 7.67. The molecule has 1 aliphatic rings. The Balaban J connectivity index is 0.00000280. The zero-order valence-corrected chi connectivity index (χ0v) is 19.1. The number of hydrogen-bond donors (Lipinski definition) is 1. The van der Waals surface area contributed by atoms with Gasteiger partial charge in [-0.1, -0.05) is 6.07 Å². The van der Waals surface area contributed by atoms with Crippen LogP contribution in [0.1, 0.15) is 13.3 Å². The third kappa shape index (κ3) is 6.29. The van der Waals surface area contributed by atoms with Crippen LogP contribution >= 0.6 is 24.0 Å². The monoisotopic (exact) mass is 498 g/mol. The molecule has 1 fully saturated rings. The lowest BCUT2D eigenvalue weighted by atomic mass is 10.2. The lowest BCUT2D eigenvalue weighted by molar-refractivity contribution is 0.371. The molecule has 2 heterocycles. The van der Waals surface area contributed by atoms with Crippen molar-refractivity contribution in [3.8, 4) is 5.75 Å².